The normalized spacial score (nSPS) is 15.7. The van der Waals surface area contributed by atoms with Gasteiger partial charge in [-0.25, -0.2) is 4.79 Å². The largest absolute Gasteiger partial charge is 0.444 e. The minimum Gasteiger partial charge on any atom is -0.444 e. The number of hydrogen-bond acceptors (Lipinski definition) is 5. The molecule has 0 radical (unpaired) electrons. The lowest BCUT2D eigenvalue weighted by Gasteiger charge is -2.35. The Bertz CT molecular complexity index is 949. The molecule has 0 aromatic heterocycles. The van der Waals surface area contributed by atoms with Crippen LogP contribution in [0.3, 0.4) is 0 Å². The molecule has 2 N–H and O–H groups in total. The van der Waals surface area contributed by atoms with Gasteiger partial charge in [0.1, 0.15) is 17.7 Å². The SMILES string of the molecule is C#Cc1ccccc1C(C(=O)NC(C)CCC)N(C(=O)C(CCSC)NC(=O)OC(C)(C)C)C1CC1. The summed E-state index contributed by atoms with van der Waals surface area (Å²) < 4.78 is 5.43. The van der Waals surface area contributed by atoms with Gasteiger partial charge in [-0.2, -0.15) is 11.8 Å². The van der Waals surface area contributed by atoms with E-state index in [-0.39, 0.29) is 23.9 Å². The Morgan fingerprint density at radius 3 is 2.42 bits per heavy atom. The summed E-state index contributed by atoms with van der Waals surface area (Å²) in [4.78, 5) is 42.1. The molecule has 1 aliphatic rings. The molecular weight excluding hydrogens is 474 g/mol. The van der Waals surface area contributed by atoms with E-state index in [2.05, 4.69) is 23.5 Å². The molecule has 1 aromatic carbocycles. The fourth-order valence-corrected chi connectivity index (χ4v) is 4.58. The number of thioether (sulfide) groups is 1. The number of nitrogens with one attached hydrogen (secondary N) is 2. The van der Waals surface area contributed by atoms with Crippen LogP contribution in [-0.4, -0.2) is 58.5 Å². The second kappa shape index (κ2) is 13.6. The van der Waals surface area contributed by atoms with Crippen molar-refractivity contribution in [1.82, 2.24) is 15.5 Å². The number of ether oxygens (including phenoxy) is 1. The van der Waals surface area contributed by atoms with Gasteiger partial charge >= 0.3 is 6.09 Å². The molecule has 3 unspecified atom stereocenters. The van der Waals surface area contributed by atoms with Gasteiger partial charge < -0.3 is 20.3 Å². The highest BCUT2D eigenvalue weighted by Gasteiger charge is 2.44. The first-order chi connectivity index (χ1) is 17.0. The molecule has 36 heavy (non-hydrogen) atoms. The quantitative estimate of drug-likeness (QED) is 0.396. The fraction of sp³-hybridized carbons (Fsp3) is 0.607. The van der Waals surface area contributed by atoms with E-state index in [9.17, 15) is 14.4 Å². The van der Waals surface area contributed by atoms with Crippen LogP contribution in [0.5, 0.6) is 0 Å². The van der Waals surface area contributed by atoms with Gasteiger partial charge in [0.25, 0.3) is 0 Å². The highest BCUT2D eigenvalue weighted by atomic mass is 32.2. The fourth-order valence-electron chi connectivity index (χ4n) is 4.10. The van der Waals surface area contributed by atoms with E-state index in [1.807, 2.05) is 31.4 Å². The average Bonchev–Trinajstić information content (AvgIpc) is 3.63. The Labute approximate surface area is 220 Å². The van der Waals surface area contributed by atoms with E-state index in [4.69, 9.17) is 11.2 Å². The topological polar surface area (TPSA) is 87.7 Å². The van der Waals surface area contributed by atoms with Crippen LogP contribution in [0, 0.1) is 12.3 Å². The first-order valence-electron chi connectivity index (χ1n) is 12.7. The van der Waals surface area contributed by atoms with Crippen LogP contribution < -0.4 is 10.6 Å². The molecule has 7 nitrogen and oxygen atoms in total. The Hall–Kier alpha value is -2.66. The smallest absolute Gasteiger partial charge is 0.408 e. The number of alkyl carbamates (subject to hydrolysis) is 1. The molecule has 2 rings (SSSR count). The highest BCUT2D eigenvalue weighted by Crippen LogP contribution is 2.37. The minimum atomic E-state index is -0.895. The number of carbonyl (C=O) groups excluding carboxylic acids is 3. The van der Waals surface area contributed by atoms with Crippen molar-refractivity contribution in [2.45, 2.75) is 96.5 Å². The van der Waals surface area contributed by atoms with Gasteiger partial charge in [0, 0.05) is 17.6 Å². The van der Waals surface area contributed by atoms with Gasteiger partial charge in [-0.05, 0) is 77.0 Å². The number of hydrogen-bond donors (Lipinski definition) is 2. The summed E-state index contributed by atoms with van der Waals surface area (Å²) in [5.74, 6) is 2.77. The third-order valence-corrected chi connectivity index (χ3v) is 6.49. The summed E-state index contributed by atoms with van der Waals surface area (Å²) in [5.41, 5.74) is 0.485. The summed E-state index contributed by atoms with van der Waals surface area (Å²) in [6, 6.07) is 5.37. The molecule has 1 fully saturated rings. The Morgan fingerprint density at radius 1 is 1.19 bits per heavy atom. The van der Waals surface area contributed by atoms with E-state index >= 15 is 0 Å². The molecule has 0 saturated heterocycles. The Balaban J connectivity index is 2.48. The van der Waals surface area contributed by atoms with Crippen LogP contribution in [0.1, 0.15) is 83.9 Å². The third-order valence-electron chi connectivity index (χ3n) is 5.84. The predicted octanol–water partition coefficient (Wildman–Crippen LogP) is 4.65. The van der Waals surface area contributed by atoms with E-state index < -0.39 is 23.8 Å². The maximum Gasteiger partial charge on any atom is 0.408 e. The second-order valence-electron chi connectivity index (χ2n) is 10.3. The van der Waals surface area contributed by atoms with Crippen LogP contribution in [0.4, 0.5) is 4.79 Å². The molecule has 0 heterocycles. The first kappa shape index (κ1) is 29.6. The molecule has 8 heteroatoms. The zero-order valence-corrected chi connectivity index (χ0v) is 23.2. The molecule has 198 valence electrons. The van der Waals surface area contributed by atoms with Crippen LogP contribution in [0.2, 0.25) is 0 Å². The number of rotatable bonds is 12. The molecular formula is C28H41N3O4S. The van der Waals surface area contributed by atoms with Crippen molar-refractivity contribution in [3.05, 3.63) is 35.4 Å². The standard InChI is InChI=1S/C28H41N3O4S/c1-8-12-19(3)29-25(32)24(22-14-11-10-13-20(22)9-2)31(21-15-16-21)26(33)23(17-18-36-7)30-27(34)35-28(4,5)6/h2,10-11,13-14,19,21,23-24H,8,12,15-18H2,1,3-7H3,(H,29,32)(H,30,34). The number of amides is 3. The molecule has 3 atom stereocenters. The summed E-state index contributed by atoms with van der Waals surface area (Å²) in [5, 5.41) is 5.85. The van der Waals surface area contributed by atoms with Crippen LogP contribution in [0.15, 0.2) is 24.3 Å². The lowest BCUT2D eigenvalue weighted by Crippen LogP contribution is -2.54. The molecule has 0 aliphatic heterocycles. The van der Waals surface area contributed by atoms with Crippen molar-refractivity contribution >= 4 is 29.7 Å². The summed E-state index contributed by atoms with van der Waals surface area (Å²) >= 11 is 1.59. The molecule has 1 saturated carbocycles. The van der Waals surface area contributed by atoms with E-state index in [1.165, 1.54) is 0 Å². The van der Waals surface area contributed by atoms with Gasteiger partial charge in [0.15, 0.2) is 0 Å². The van der Waals surface area contributed by atoms with Gasteiger partial charge in [-0.1, -0.05) is 37.5 Å². The second-order valence-corrected chi connectivity index (χ2v) is 11.3. The van der Waals surface area contributed by atoms with Gasteiger partial charge in [0.05, 0.1) is 0 Å². The summed E-state index contributed by atoms with van der Waals surface area (Å²) in [7, 11) is 0. The monoisotopic (exact) mass is 515 g/mol. The van der Waals surface area contributed by atoms with Crippen LogP contribution >= 0.6 is 11.8 Å². The van der Waals surface area contributed by atoms with Crippen molar-refractivity contribution in [2.75, 3.05) is 12.0 Å². The Kier molecular flexibility index (Phi) is 11.2. The molecule has 1 aromatic rings. The first-order valence-corrected chi connectivity index (χ1v) is 14.1. The number of benzene rings is 1. The average molecular weight is 516 g/mol. The maximum atomic E-state index is 14.1. The summed E-state index contributed by atoms with van der Waals surface area (Å²) in [6.07, 6.45) is 10.8. The van der Waals surface area contributed by atoms with Crippen LogP contribution in [-0.2, 0) is 14.3 Å². The molecule has 1 aliphatic carbocycles. The third kappa shape index (κ3) is 8.77. The van der Waals surface area contributed by atoms with Gasteiger partial charge in [0.2, 0.25) is 11.8 Å². The lowest BCUT2D eigenvalue weighted by molar-refractivity contribution is -0.143. The zero-order valence-electron chi connectivity index (χ0n) is 22.4. The van der Waals surface area contributed by atoms with E-state index in [0.29, 0.717) is 23.3 Å². The molecule has 0 bridgehead atoms. The van der Waals surface area contributed by atoms with Gasteiger partial charge in [-0.3, -0.25) is 9.59 Å². The van der Waals surface area contributed by atoms with E-state index in [0.717, 1.165) is 25.7 Å². The van der Waals surface area contributed by atoms with Crippen molar-refractivity contribution in [3.8, 4) is 12.3 Å². The van der Waals surface area contributed by atoms with Crippen LogP contribution in [0.25, 0.3) is 0 Å². The summed E-state index contributed by atoms with van der Waals surface area (Å²) in [6.45, 7) is 9.34. The lowest BCUT2D eigenvalue weighted by atomic mass is 9.96. The molecule has 3 amide bonds. The predicted molar refractivity (Wildman–Crippen MR) is 146 cm³/mol. The van der Waals surface area contributed by atoms with Crippen molar-refractivity contribution < 1.29 is 19.1 Å². The number of terminal acetylenes is 1. The van der Waals surface area contributed by atoms with Gasteiger partial charge in [-0.15, -0.1) is 6.42 Å². The highest BCUT2D eigenvalue weighted by molar-refractivity contribution is 7.98. The number of nitrogens with zero attached hydrogens (tertiary/aromatic N) is 1. The van der Waals surface area contributed by atoms with Crippen molar-refractivity contribution in [3.63, 3.8) is 0 Å². The number of carbonyl (C=O) groups is 3. The van der Waals surface area contributed by atoms with Crippen molar-refractivity contribution in [2.24, 2.45) is 0 Å². The molecule has 0 spiro atoms. The Morgan fingerprint density at radius 2 is 1.86 bits per heavy atom. The zero-order chi connectivity index (χ0) is 26.9. The van der Waals surface area contributed by atoms with E-state index in [1.54, 1.807) is 43.5 Å². The maximum absolute atomic E-state index is 14.1. The minimum absolute atomic E-state index is 0.0497. The van der Waals surface area contributed by atoms with Crippen molar-refractivity contribution in [1.29, 1.82) is 0 Å².